The van der Waals surface area contributed by atoms with E-state index in [2.05, 4.69) is 17.1 Å². The molecule has 2 aromatic carbocycles. The first kappa shape index (κ1) is 21.2. The standard InChI is InChI=1S/C26H23N3O3S/c1-17-7-10-21(32-17)15-24-25(30)29(14-13-18-16-27-23-6-4-3-5-22(18)23)26(33-24)28-19-8-11-20(31-2)12-9-19/h3-12,15-16,27H,13-14H2,1-2H3/b24-15-,28-26?. The molecule has 0 spiro atoms. The molecule has 1 N–H and O–H groups in total. The normalized spacial score (nSPS) is 16.4. The molecule has 6 nitrogen and oxygen atoms in total. The molecular formula is C26H23N3O3S. The zero-order valence-electron chi connectivity index (χ0n) is 18.4. The molecule has 0 unspecified atom stereocenters. The van der Waals surface area contributed by atoms with Crippen LogP contribution in [-0.4, -0.2) is 34.6 Å². The van der Waals surface area contributed by atoms with E-state index in [0.717, 1.165) is 22.7 Å². The van der Waals surface area contributed by atoms with Gasteiger partial charge in [-0.15, -0.1) is 0 Å². The molecule has 4 aromatic rings. The molecule has 0 bridgehead atoms. The quantitative estimate of drug-likeness (QED) is 0.365. The Morgan fingerprint density at radius 2 is 1.94 bits per heavy atom. The predicted molar refractivity (Wildman–Crippen MR) is 133 cm³/mol. The Bertz CT molecular complexity index is 1360. The van der Waals surface area contributed by atoms with Crippen molar-refractivity contribution in [1.29, 1.82) is 0 Å². The Balaban J connectivity index is 1.44. The van der Waals surface area contributed by atoms with Gasteiger partial charge in [0.2, 0.25) is 0 Å². The minimum Gasteiger partial charge on any atom is -0.497 e. The van der Waals surface area contributed by atoms with Crippen molar-refractivity contribution >= 4 is 45.5 Å². The molecule has 5 rings (SSSR count). The molecule has 0 aliphatic carbocycles. The third-order valence-electron chi connectivity index (χ3n) is 5.50. The van der Waals surface area contributed by atoms with Crippen LogP contribution in [0.3, 0.4) is 0 Å². The van der Waals surface area contributed by atoms with Gasteiger partial charge >= 0.3 is 0 Å². The highest BCUT2D eigenvalue weighted by molar-refractivity contribution is 8.18. The summed E-state index contributed by atoms with van der Waals surface area (Å²) in [6, 6.07) is 19.4. The average molecular weight is 458 g/mol. The van der Waals surface area contributed by atoms with Crippen molar-refractivity contribution in [3.8, 4) is 5.75 Å². The molecule has 0 saturated carbocycles. The maximum Gasteiger partial charge on any atom is 0.266 e. The third kappa shape index (κ3) is 4.45. The van der Waals surface area contributed by atoms with Gasteiger partial charge in [-0.25, -0.2) is 4.99 Å². The average Bonchev–Trinajstić information content (AvgIpc) is 3.51. The maximum atomic E-state index is 13.3. The summed E-state index contributed by atoms with van der Waals surface area (Å²) in [5.41, 5.74) is 3.03. The van der Waals surface area contributed by atoms with E-state index in [0.29, 0.717) is 28.8 Å². The topological polar surface area (TPSA) is 70.8 Å². The number of aliphatic imine (C=N–C) groups is 1. The number of H-pyrrole nitrogens is 1. The van der Waals surface area contributed by atoms with Gasteiger partial charge in [-0.2, -0.15) is 0 Å². The molecule has 1 aliphatic rings. The van der Waals surface area contributed by atoms with Gasteiger partial charge in [0.1, 0.15) is 17.3 Å². The third-order valence-corrected chi connectivity index (χ3v) is 6.51. The number of benzene rings is 2. The number of amidine groups is 1. The summed E-state index contributed by atoms with van der Waals surface area (Å²) in [6.45, 7) is 2.41. The van der Waals surface area contributed by atoms with Crippen molar-refractivity contribution in [2.24, 2.45) is 4.99 Å². The molecule has 0 radical (unpaired) electrons. The Labute approximate surface area is 196 Å². The van der Waals surface area contributed by atoms with Gasteiger partial charge in [0, 0.05) is 29.7 Å². The molecular weight excluding hydrogens is 434 g/mol. The second-order valence-corrected chi connectivity index (χ2v) is 8.73. The largest absolute Gasteiger partial charge is 0.497 e. The van der Waals surface area contributed by atoms with Crippen LogP contribution >= 0.6 is 11.8 Å². The van der Waals surface area contributed by atoms with Gasteiger partial charge in [-0.3, -0.25) is 9.69 Å². The first-order valence-electron chi connectivity index (χ1n) is 10.7. The Kier molecular flexibility index (Phi) is 5.79. The van der Waals surface area contributed by atoms with Gasteiger partial charge in [0.15, 0.2) is 5.17 Å². The lowest BCUT2D eigenvalue weighted by atomic mass is 10.1. The van der Waals surface area contributed by atoms with Crippen LogP contribution in [0.2, 0.25) is 0 Å². The van der Waals surface area contributed by atoms with Gasteiger partial charge in [0.05, 0.1) is 17.7 Å². The number of amides is 1. The van der Waals surface area contributed by atoms with Crippen molar-refractivity contribution in [2.45, 2.75) is 13.3 Å². The van der Waals surface area contributed by atoms with E-state index in [1.165, 1.54) is 22.7 Å². The van der Waals surface area contributed by atoms with Crippen LogP contribution in [0.4, 0.5) is 5.69 Å². The SMILES string of the molecule is COc1ccc(N=C2S/C(=C\c3ccc(C)o3)C(=O)N2CCc2c[nH]c3ccccc23)cc1. The van der Waals surface area contributed by atoms with E-state index in [1.54, 1.807) is 18.1 Å². The molecule has 1 fully saturated rings. The molecule has 2 aromatic heterocycles. The fourth-order valence-electron chi connectivity index (χ4n) is 3.79. The van der Waals surface area contributed by atoms with Crippen LogP contribution < -0.4 is 4.74 Å². The fourth-order valence-corrected chi connectivity index (χ4v) is 4.79. The number of carbonyl (C=O) groups is 1. The number of aromatic amines is 1. The van der Waals surface area contributed by atoms with Gasteiger partial charge in [-0.05, 0) is 73.1 Å². The number of rotatable bonds is 6. The minimum absolute atomic E-state index is 0.0684. The smallest absolute Gasteiger partial charge is 0.266 e. The summed E-state index contributed by atoms with van der Waals surface area (Å²) >= 11 is 1.37. The molecule has 33 heavy (non-hydrogen) atoms. The van der Waals surface area contributed by atoms with E-state index >= 15 is 0 Å². The number of aryl methyl sites for hydroxylation is 1. The molecule has 1 amide bonds. The Morgan fingerprint density at radius 1 is 1.12 bits per heavy atom. The molecule has 166 valence electrons. The van der Waals surface area contributed by atoms with Crippen LogP contribution in [0, 0.1) is 6.92 Å². The number of hydrogen-bond acceptors (Lipinski definition) is 5. The van der Waals surface area contributed by atoms with Gasteiger partial charge in [0.25, 0.3) is 5.91 Å². The summed E-state index contributed by atoms with van der Waals surface area (Å²) in [6.07, 6.45) is 4.52. The summed E-state index contributed by atoms with van der Waals surface area (Å²) in [7, 11) is 1.63. The number of para-hydroxylation sites is 1. The number of fused-ring (bicyclic) bond motifs is 1. The zero-order chi connectivity index (χ0) is 22.8. The lowest BCUT2D eigenvalue weighted by Crippen LogP contribution is -2.31. The van der Waals surface area contributed by atoms with Crippen LogP contribution in [-0.2, 0) is 11.2 Å². The lowest BCUT2D eigenvalue weighted by Gasteiger charge is -2.15. The number of nitrogens with zero attached hydrogens (tertiary/aromatic N) is 2. The summed E-state index contributed by atoms with van der Waals surface area (Å²) in [5, 5.41) is 1.83. The summed E-state index contributed by atoms with van der Waals surface area (Å²) < 4.78 is 10.9. The maximum absolute atomic E-state index is 13.3. The highest BCUT2D eigenvalue weighted by Crippen LogP contribution is 2.35. The number of thioether (sulfide) groups is 1. The van der Waals surface area contributed by atoms with Crippen molar-refractivity contribution in [2.75, 3.05) is 13.7 Å². The minimum atomic E-state index is -0.0684. The van der Waals surface area contributed by atoms with E-state index in [-0.39, 0.29) is 5.91 Å². The number of furan rings is 1. The Morgan fingerprint density at radius 3 is 2.70 bits per heavy atom. The fraction of sp³-hybridized carbons (Fsp3) is 0.154. The number of aromatic nitrogens is 1. The second-order valence-electron chi connectivity index (χ2n) is 7.72. The molecule has 1 aliphatic heterocycles. The number of ether oxygens (including phenoxy) is 1. The summed E-state index contributed by atoms with van der Waals surface area (Å²) in [4.78, 5) is 23.7. The molecule has 3 heterocycles. The van der Waals surface area contributed by atoms with Gasteiger partial charge in [-0.1, -0.05) is 18.2 Å². The van der Waals surface area contributed by atoms with Crippen molar-refractivity contribution in [3.05, 3.63) is 88.8 Å². The van der Waals surface area contributed by atoms with Crippen LogP contribution in [0.15, 0.2) is 81.2 Å². The first-order valence-corrected chi connectivity index (χ1v) is 11.5. The summed E-state index contributed by atoms with van der Waals surface area (Å²) in [5.74, 6) is 2.16. The molecule has 1 saturated heterocycles. The van der Waals surface area contributed by atoms with E-state index < -0.39 is 0 Å². The number of carbonyl (C=O) groups excluding carboxylic acids is 1. The monoisotopic (exact) mass is 457 g/mol. The van der Waals surface area contributed by atoms with Crippen LogP contribution in [0.5, 0.6) is 5.75 Å². The van der Waals surface area contributed by atoms with Crippen molar-refractivity contribution < 1.29 is 13.9 Å². The number of hydrogen-bond donors (Lipinski definition) is 1. The van der Waals surface area contributed by atoms with Crippen molar-refractivity contribution in [3.63, 3.8) is 0 Å². The molecule has 7 heteroatoms. The zero-order valence-corrected chi connectivity index (χ0v) is 19.2. The molecule has 0 atom stereocenters. The highest BCUT2D eigenvalue weighted by atomic mass is 32.2. The first-order chi connectivity index (χ1) is 16.1. The second kappa shape index (κ2) is 9.03. The van der Waals surface area contributed by atoms with E-state index in [4.69, 9.17) is 14.1 Å². The van der Waals surface area contributed by atoms with Crippen LogP contribution in [0.1, 0.15) is 17.1 Å². The van der Waals surface area contributed by atoms with Gasteiger partial charge < -0.3 is 14.1 Å². The van der Waals surface area contributed by atoms with Crippen LogP contribution in [0.25, 0.3) is 17.0 Å². The Hall–Kier alpha value is -3.71. The highest BCUT2D eigenvalue weighted by Gasteiger charge is 2.33. The van der Waals surface area contributed by atoms with E-state index in [1.807, 2.05) is 61.7 Å². The number of methoxy groups -OCH3 is 1. The predicted octanol–water partition coefficient (Wildman–Crippen LogP) is 5.92. The van der Waals surface area contributed by atoms with E-state index in [9.17, 15) is 4.79 Å². The number of nitrogens with one attached hydrogen (secondary N) is 1. The van der Waals surface area contributed by atoms with Crippen molar-refractivity contribution in [1.82, 2.24) is 9.88 Å². The lowest BCUT2D eigenvalue weighted by molar-refractivity contribution is -0.122.